The van der Waals surface area contributed by atoms with E-state index in [2.05, 4.69) is 29.7 Å². The Morgan fingerprint density at radius 1 is 1.09 bits per heavy atom. The maximum absolute atomic E-state index is 12.3. The fourth-order valence-corrected chi connectivity index (χ4v) is 2.28. The SMILES string of the molecule is CCc1ccc(NC(C)C(=O)Nc2cccc(C)c2C)cc1. The Morgan fingerprint density at radius 2 is 1.77 bits per heavy atom. The van der Waals surface area contributed by atoms with Gasteiger partial charge >= 0.3 is 0 Å². The molecular weight excluding hydrogens is 272 g/mol. The summed E-state index contributed by atoms with van der Waals surface area (Å²) in [7, 11) is 0. The summed E-state index contributed by atoms with van der Waals surface area (Å²) in [6.07, 6.45) is 1.02. The summed E-state index contributed by atoms with van der Waals surface area (Å²) >= 11 is 0. The molecule has 2 aromatic rings. The van der Waals surface area contributed by atoms with Crippen LogP contribution in [0.3, 0.4) is 0 Å². The minimum Gasteiger partial charge on any atom is -0.374 e. The normalized spacial score (nSPS) is 11.8. The van der Waals surface area contributed by atoms with Gasteiger partial charge in [0.1, 0.15) is 6.04 Å². The predicted octanol–water partition coefficient (Wildman–Crippen LogP) is 4.30. The third-order valence-corrected chi connectivity index (χ3v) is 4.00. The number of hydrogen-bond acceptors (Lipinski definition) is 2. The molecule has 22 heavy (non-hydrogen) atoms. The van der Waals surface area contributed by atoms with Crippen molar-refractivity contribution in [2.24, 2.45) is 0 Å². The van der Waals surface area contributed by atoms with E-state index in [-0.39, 0.29) is 11.9 Å². The Labute approximate surface area is 132 Å². The summed E-state index contributed by atoms with van der Waals surface area (Å²) in [4.78, 5) is 12.3. The van der Waals surface area contributed by atoms with Crippen LogP contribution < -0.4 is 10.6 Å². The summed E-state index contributed by atoms with van der Waals surface area (Å²) < 4.78 is 0. The first-order valence-electron chi connectivity index (χ1n) is 7.73. The first-order valence-corrected chi connectivity index (χ1v) is 7.73. The molecule has 0 aromatic heterocycles. The lowest BCUT2D eigenvalue weighted by Gasteiger charge is -2.17. The summed E-state index contributed by atoms with van der Waals surface area (Å²) in [6.45, 7) is 8.06. The van der Waals surface area contributed by atoms with Gasteiger partial charge in [0.05, 0.1) is 0 Å². The van der Waals surface area contributed by atoms with E-state index < -0.39 is 0 Å². The van der Waals surface area contributed by atoms with Gasteiger partial charge in [0.25, 0.3) is 0 Å². The molecule has 0 aliphatic heterocycles. The van der Waals surface area contributed by atoms with Gasteiger partial charge in [-0.3, -0.25) is 4.79 Å². The molecule has 0 aliphatic rings. The van der Waals surface area contributed by atoms with Gasteiger partial charge in [-0.05, 0) is 62.1 Å². The monoisotopic (exact) mass is 296 g/mol. The van der Waals surface area contributed by atoms with Crippen LogP contribution in [0.15, 0.2) is 42.5 Å². The van der Waals surface area contributed by atoms with Gasteiger partial charge in [0.2, 0.25) is 5.91 Å². The summed E-state index contributed by atoms with van der Waals surface area (Å²) in [5.41, 5.74) is 5.41. The highest BCUT2D eigenvalue weighted by molar-refractivity contribution is 5.96. The van der Waals surface area contributed by atoms with Crippen LogP contribution in [0.4, 0.5) is 11.4 Å². The summed E-state index contributed by atoms with van der Waals surface area (Å²) in [5.74, 6) is -0.0340. The molecule has 2 aromatic carbocycles. The predicted molar refractivity (Wildman–Crippen MR) is 93.5 cm³/mol. The third kappa shape index (κ3) is 3.88. The highest BCUT2D eigenvalue weighted by Gasteiger charge is 2.14. The molecule has 0 heterocycles. The molecular formula is C19H24N2O. The molecule has 0 saturated heterocycles. The molecule has 0 bridgehead atoms. The first kappa shape index (κ1) is 16.1. The van der Waals surface area contributed by atoms with Gasteiger partial charge in [-0.2, -0.15) is 0 Å². The number of amides is 1. The molecule has 1 amide bonds. The zero-order valence-electron chi connectivity index (χ0n) is 13.7. The number of anilines is 2. The number of hydrogen-bond donors (Lipinski definition) is 2. The van der Waals surface area contributed by atoms with Gasteiger partial charge in [0, 0.05) is 11.4 Å². The van der Waals surface area contributed by atoms with Crippen LogP contribution in [-0.4, -0.2) is 11.9 Å². The largest absolute Gasteiger partial charge is 0.374 e. The second-order valence-electron chi connectivity index (χ2n) is 5.65. The van der Waals surface area contributed by atoms with Crippen LogP contribution in [0.1, 0.15) is 30.5 Å². The zero-order chi connectivity index (χ0) is 16.1. The molecule has 1 unspecified atom stereocenters. The molecule has 0 fully saturated rings. The Bertz CT molecular complexity index is 647. The highest BCUT2D eigenvalue weighted by atomic mass is 16.2. The van der Waals surface area contributed by atoms with E-state index in [0.717, 1.165) is 23.4 Å². The Hall–Kier alpha value is -2.29. The van der Waals surface area contributed by atoms with Gasteiger partial charge in [0.15, 0.2) is 0 Å². The average Bonchev–Trinajstić information content (AvgIpc) is 2.52. The van der Waals surface area contributed by atoms with Gasteiger partial charge < -0.3 is 10.6 Å². The standard InChI is InChI=1S/C19H24N2O/c1-5-16-9-11-17(12-10-16)20-15(4)19(22)21-18-8-6-7-13(2)14(18)3/h6-12,15,20H,5H2,1-4H3,(H,21,22). The fraction of sp³-hybridized carbons (Fsp3) is 0.316. The van der Waals surface area contributed by atoms with Crippen molar-refractivity contribution in [1.82, 2.24) is 0 Å². The topological polar surface area (TPSA) is 41.1 Å². The lowest BCUT2D eigenvalue weighted by Crippen LogP contribution is -2.32. The van der Waals surface area contributed by atoms with E-state index in [1.54, 1.807) is 0 Å². The summed E-state index contributed by atoms with van der Waals surface area (Å²) in [6, 6.07) is 13.8. The Kier molecular flexibility index (Phi) is 5.21. The number of nitrogens with one attached hydrogen (secondary N) is 2. The molecule has 3 heteroatoms. The molecule has 2 rings (SSSR count). The smallest absolute Gasteiger partial charge is 0.246 e. The third-order valence-electron chi connectivity index (χ3n) is 4.00. The van der Waals surface area contributed by atoms with Crippen LogP contribution in [0.2, 0.25) is 0 Å². The number of rotatable bonds is 5. The minimum absolute atomic E-state index is 0.0340. The second kappa shape index (κ2) is 7.12. The van der Waals surface area contributed by atoms with Crippen LogP contribution in [0.25, 0.3) is 0 Å². The van der Waals surface area contributed by atoms with Crippen LogP contribution in [-0.2, 0) is 11.2 Å². The van der Waals surface area contributed by atoms with E-state index in [1.165, 1.54) is 11.1 Å². The molecule has 3 nitrogen and oxygen atoms in total. The maximum atomic E-state index is 12.3. The van der Waals surface area contributed by atoms with Crippen molar-refractivity contribution in [2.45, 2.75) is 40.2 Å². The van der Waals surface area contributed by atoms with E-state index >= 15 is 0 Å². The maximum Gasteiger partial charge on any atom is 0.246 e. The van der Waals surface area contributed by atoms with Crippen LogP contribution in [0.5, 0.6) is 0 Å². The van der Waals surface area contributed by atoms with Gasteiger partial charge in [-0.15, -0.1) is 0 Å². The molecule has 0 aliphatic carbocycles. The van der Waals surface area contributed by atoms with Crippen molar-refractivity contribution in [3.63, 3.8) is 0 Å². The van der Waals surface area contributed by atoms with Crippen LogP contribution >= 0.6 is 0 Å². The van der Waals surface area contributed by atoms with E-state index in [1.807, 2.05) is 51.1 Å². The van der Waals surface area contributed by atoms with Crippen molar-refractivity contribution in [3.8, 4) is 0 Å². The van der Waals surface area contributed by atoms with E-state index in [4.69, 9.17) is 0 Å². The van der Waals surface area contributed by atoms with E-state index in [9.17, 15) is 4.79 Å². The minimum atomic E-state index is -0.299. The van der Waals surface area contributed by atoms with E-state index in [0.29, 0.717) is 0 Å². The lowest BCUT2D eigenvalue weighted by atomic mass is 10.1. The van der Waals surface area contributed by atoms with Gasteiger partial charge in [-0.25, -0.2) is 0 Å². The zero-order valence-corrected chi connectivity index (χ0v) is 13.7. The molecule has 0 spiro atoms. The Morgan fingerprint density at radius 3 is 2.41 bits per heavy atom. The fourth-order valence-electron chi connectivity index (χ4n) is 2.28. The number of carbonyl (C=O) groups is 1. The molecule has 0 saturated carbocycles. The second-order valence-corrected chi connectivity index (χ2v) is 5.65. The highest BCUT2D eigenvalue weighted by Crippen LogP contribution is 2.18. The average molecular weight is 296 g/mol. The van der Waals surface area contributed by atoms with Crippen molar-refractivity contribution < 1.29 is 4.79 Å². The molecule has 0 radical (unpaired) electrons. The quantitative estimate of drug-likeness (QED) is 0.863. The lowest BCUT2D eigenvalue weighted by molar-refractivity contribution is -0.116. The molecule has 1 atom stereocenters. The van der Waals surface area contributed by atoms with Crippen LogP contribution in [0, 0.1) is 13.8 Å². The van der Waals surface area contributed by atoms with Crippen molar-refractivity contribution >= 4 is 17.3 Å². The number of aryl methyl sites for hydroxylation is 2. The van der Waals surface area contributed by atoms with Crippen molar-refractivity contribution in [3.05, 3.63) is 59.2 Å². The number of benzene rings is 2. The molecule has 116 valence electrons. The summed E-state index contributed by atoms with van der Waals surface area (Å²) in [5, 5.41) is 6.23. The number of carbonyl (C=O) groups excluding carboxylic acids is 1. The first-order chi connectivity index (χ1) is 10.5. The molecule has 2 N–H and O–H groups in total. The van der Waals surface area contributed by atoms with Gasteiger partial charge in [-0.1, -0.05) is 31.2 Å². The Balaban J connectivity index is 2.01. The van der Waals surface area contributed by atoms with Crippen molar-refractivity contribution in [2.75, 3.05) is 10.6 Å². The van der Waals surface area contributed by atoms with Crippen molar-refractivity contribution in [1.29, 1.82) is 0 Å².